The number of thiazole rings is 1. The van der Waals surface area contributed by atoms with Crippen molar-refractivity contribution in [1.82, 2.24) is 14.9 Å². The fourth-order valence-corrected chi connectivity index (χ4v) is 5.31. The number of hydrogen-bond acceptors (Lipinski definition) is 7. The second-order valence-corrected chi connectivity index (χ2v) is 9.39. The average Bonchev–Trinajstić information content (AvgIpc) is 3.15. The minimum Gasteiger partial charge on any atom is -0.493 e. The van der Waals surface area contributed by atoms with Gasteiger partial charge in [0.1, 0.15) is 0 Å². The number of carbonyl (C=O) groups excluding carboxylic acids is 2. The van der Waals surface area contributed by atoms with Gasteiger partial charge in [0.15, 0.2) is 16.0 Å². The molecule has 0 radical (unpaired) electrons. The van der Waals surface area contributed by atoms with Gasteiger partial charge in [0.2, 0.25) is 11.8 Å². The number of rotatable bonds is 5. The van der Waals surface area contributed by atoms with E-state index in [9.17, 15) is 9.59 Å². The van der Waals surface area contributed by atoms with Crippen LogP contribution in [0.1, 0.15) is 36.8 Å². The molecule has 4 rings (SSSR count). The summed E-state index contributed by atoms with van der Waals surface area (Å²) in [7, 11) is 1.58. The maximum absolute atomic E-state index is 12.5. The molecule has 2 aromatic heterocycles. The Morgan fingerprint density at radius 2 is 2.10 bits per heavy atom. The number of nitrogens with one attached hydrogen (secondary N) is 1. The van der Waals surface area contributed by atoms with Gasteiger partial charge in [-0.15, -0.1) is 0 Å². The summed E-state index contributed by atoms with van der Waals surface area (Å²) in [6, 6.07) is 1.89. The molecule has 10 heteroatoms. The summed E-state index contributed by atoms with van der Waals surface area (Å²) in [5.74, 6) is 0.971. The van der Waals surface area contributed by atoms with Gasteiger partial charge in [-0.05, 0) is 18.8 Å². The second-order valence-electron chi connectivity index (χ2n) is 7.95. The van der Waals surface area contributed by atoms with E-state index in [2.05, 4.69) is 20.2 Å². The third-order valence-electron chi connectivity index (χ3n) is 5.89. The van der Waals surface area contributed by atoms with Crippen LogP contribution in [0.3, 0.4) is 0 Å². The molecule has 1 saturated heterocycles. The predicted octanol–water partition coefficient (Wildman–Crippen LogP) is 3.35. The summed E-state index contributed by atoms with van der Waals surface area (Å²) in [6.45, 7) is 4.58. The molecule has 2 aliphatic heterocycles. The van der Waals surface area contributed by atoms with Crippen LogP contribution in [-0.4, -0.2) is 53.4 Å². The minimum absolute atomic E-state index is 0.00383. The molecular formula is C21H26ClN5O3S. The van der Waals surface area contributed by atoms with Crippen molar-refractivity contribution >= 4 is 45.6 Å². The number of hydrogen-bond donors (Lipinski definition) is 1. The van der Waals surface area contributed by atoms with E-state index in [0.717, 1.165) is 55.2 Å². The largest absolute Gasteiger partial charge is 0.493 e. The van der Waals surface area contributed by atoms with Crippen LogP contribution in [0.15, 0.2) is 12.3 Å². The number of aromatic nitrogens is 2. The molecule has 0 unspecified atom stereocenters. The number of halogens is 1. The first-order valence-electron chi connectivity index (χ1n) is 10.4. The molecule has 166 valence electrons. The lowest BCUT2D eigenvalue weighted by Crippen LogP contribution is -2.37. The first-order chi connectivity index (χ1) is 14.9. The lowest BCUT2D eigenvalue weighted by atomic mass is 9.93. The summed E-state index contributed by atoms with van der Waals surface area (Å²) < 4.78 is 5.28. The zero-order valence-corrected chi connectivity index (χ0v) is 19.3. The van der Waals surface area contributed by atoms with Crippen molar-refractivity contribution < 1.29 is 14.3 Å². The SMILES string of the molecule is COc1cc(N2CCc3nc(NC(=O)CC4CCN(C(C)=O)CC4)sc3C2)cnc1Cl. The molecule has 0 spiro atoms. The predicted molar refractivity (Wildman–Crippen MR) is 121 cm³/mol. The fraction of sp³-hybridized carbons (Fsp3) is 0.524. The standard InChI is InChI=1S/C21H26ClN5O3S/c1-13(28)26-6-3-14(4-7-26)9-19(29)25-21-24-16-5-8-27(12-18(16)31-21)15-10-17(30-2)20(22)23-11-15/h10-11,14H,3-9,12H2,1-2H3,(H,24,25,29). The fourth-order valence-electron chi connectivity index (χ4n) is 4.09. The van der Waals surface area contributed by atoms with Gasteiger partial charge in [-0.25, -0.2) is 9.97 Å². The molecule has 4 heterocycles. The van der Waals surface area contributed by atoms with Gasteiger partial charge in [-0.3, -0.25) is 9.59 Å². The number of carbonyl (C=O) groups is 2. The van der Waals surface area contributed by atoms with Crippen molar-refractivity contribution in [3.63, 3.8) is 0 Å². The first-order valence-corrected chi connectivity index (χ1v) is 11.6. The summed E-state index contributed by atoms with van der Waals surface area (Å²) in [5.41, 5.74) is 1.99. The topological polar surface area (TPSA) is 87.7 Å². The van der Waals surface area contributed by atoms with Gasteiger partial charge in [0, 0.05) is 50.3 Å². The molecule has 1 N–H and O–H groups in total. The molecule has 2 aliphatic rings. The van der Waals surface area contributed by atoms with Gasteiger partial charge in [0.05, 0.1) is 31.2 Å². The van der Waals surface area contributed by atoms with E-state index >= 15 is 0 Å². The number of pyridine rings is 1. The van der Waals surface area contributed by atoms with E-state index in [4.69, 9.17) is 16.3 Å². The second kappa shape index (κ2) is 9.40. The third kappa shape index (κ3) is 5.10. The highest BCUT2D eigenvalue weighted by Crippen LogP contribution is 2.33. The lowest BCUT2D eigenvalue weighted by molar-refractivity contribution is -0.130. The van der Waals surface area contributed by atoms with Crippen LogP contribution < -0.4 is 15.0 Å². The third-order valence-corrected chi connectivity index (χ3v) is 7.17. The van der Waals surface area contributed by atoms with Crippen molar-refractivity contribution in [3.05, 3.63) is 28.0 Å². The molecule has 0 aliphatic carbocycles. The monoisotopic (exact) mass is 463 g/mol. The van der Waals surface area contributed by atoms with E-state index in [-0.39, 0.29) is 11.8 Å². The Morgan fingerprint density at radius 3 is 2.81 bits per heavy atom. The van der Waals surface area contributed by atoms with Crippen LogP contribution in [0.4, 0.5) is 10.8 Å². The highest BCUT2D eigenvalue weighted by molar-refractivity contribution is 7.15. The van der Waals surface area contributed by atoms with Crippen LogP contribution in [0.25, 0.3) is 0 Å². The molecular weight excluding hydrogens is 438 g/mol. The number of methoxy groups -OCH3 is 1. The van der Waals surface area contributed by atoms with Gasteiger partial charge >= 0.3 is 0 Å². The Labute approximate surface area is 190 Å². The van der Waals surface area contributed by atoms with Crippen molar-refractivity contribution in [1.29, 1.82) is 0 Å². The summed E-state index contributed by atoms with van der Waals surface area (Å²) in [5, 5.41) is 3.98. The number of amides is 2. The molecule has 31 heavy (non-hydrogen) atoms. The van der Waals surface area contributed by atoms with E-state index in [1.807, 2.05) is 11.0 Å². The maximum atomic E-state index is 12.5. The minimum atomic E-state index is -0.00383. The number of fused-ring (bicyclic) bond motifs is 1. The number of piperidine rings is 1. The maximum Gasteiger partial charge on any atom is 0.226 e. The van der Waals surface area contributed by atoms with Gasteiger partial charge < -0.3 is 19.9 Å². The Morgan fingerprint density at radius 1 is 1.32 bits per heavy atom. The molecule has 0 atom stereocenters. The Bertz CT molecular complexity index is 974. The van der Waals surface area contributed by atoms with Gasteiger partial charge in [-0.1, -0.05) is 22.9 Å². The van der Waals surface area contributed by atoms with Crippen LogP contribution in [0.2, 0.25) is 5.15 Å². The summed E-state index contributed by atoms with van der Waals surface area (Å²) >= 11 is 7.56. The highest BCUT2D eigenvalue weighted by Gasteiger charge is 2.25. The first kappa shape index (κ1) is 21.8. The van der Waals surface area contributed by atoms with Crippen molar-refractivity contribution in [2.24, 2.45) is 5.92 Å². The number of ether oxygens (including phenoxy) is 1. The zero-order valence-electron chi connectivity index (χ0n) is 17.7. The average molecular weight is 464 g/mol. The van der Waals surface area contributed by atoms with E-state index < -0.39 is 0 Å². The summed E-state index contributed by atoms with van der Waals surface area (Å²) in [4.78, 5) is 38.0. The lowest BCUT2D eigenvalue weighted by Gasteiger charge is -2.30. The Kier molecular flexibility index (Phi) is 6.62. The van der Waals surface area contributed by atoms with Crippen molar-refractivity contribution in [2.45, 2.75) is 39.2 Å². The van der Waals surface area contributed by atoms with Crippen LogP contribution in [0, 0.1) is 5.92 Å². The number of likely N-dealkylation sites (tertiary alicyclic amines) is 1. The van der Waals surface area contributed by atoms with E-state index in [1.54, 1.807) is 20.2 Å². The van der Waals surface area contributed by atoms with Crippen molar-refractivity contribution in [3.8, 4) is 5.75 Å². The van der Waals surface area contributed by atoms with Crippen LogP contribution in [0.5, 0.6) is 5.75 Å². The Hall–Kier alpha value is -2.39. The van der Waals surface area contributed by atoms with Gasteiger partial charge in [0.25, 0.3) is 0 Å². The molecule has 2 amide bonds. The van der Waals surface area contributed by atoms with Crippen molar-refractivity contribution in [2.75, 3.05) is 37.0 Å². The van der Waals surface area contributed by atoms with Crippen LogP contribution >= 0.6 is 22.9 Å². The smallest absolute Gasteiger partial charge is 0.226 e. The quantitative estimate of drug-likeness (QED) is 0.684. The molecule has 0 saturated carbocycles. The van der Waals surface area contributed by atoms with E-state index in [0.29, 0.717) is 34.9 Å². The molecule has 0 aromatic carbocycles. The normalized spacial score (nSPS) is 16.7. The van der Waals surface area contributed by atoms with Gasteiger partial charge in [-0.2, -0.15) is 0 Å². The molecule has 8 nitrogen and oxygen atoms in total. The molecule has 2 aromatic rings. The molecule has 0 bridgehead atoms. The van der Waals surface area contributed by atoms with E-state index in [1.165, 1.54) is 11.3 Å². The number of nitrogens with zero attached hydrogens (tertiary/aromatic N) is 4. The highest BCUT2D eigenvalue weighted by atomic mass is 35.5. The summed E-state index contributed by atoms with van der Waals surface area (Å²) in [6.07, 6.45) is 4.76. The van der Waals surface area contributed by atoms with Crippen LogP contribution in [-0.2, 0) is 22.6 Å². The Balaban J connectivity index is 1.34. The zero-order chi connectivity index (χ0) is 22.0. The number of anilines is 2. The molecule has 1 fully saturated rings.